The van der Waals surface area contributed by atoms with Crippen LogP contribution in [0.1, 0.15) is 77.6 Å². The van der Waals surface area contributed by atoms with E-state index in [-0.39, 0.29) is 0 Å². The highest BCUT2D eigenvalue weighted by Gasteiger charge is 1.92. The molecule has 0 rings (SSSR count). The van der Waals surface area contributed by atoms with Crippen LogP contribution in [0.2, 0.25) is 0 Å². The molecule has 1 nitrogen and oxygen atoms in total. The molecule has 0 aliphatic carbocycles. The van der Waals surface area contributed by atoms with Crippen LogP contribution < -0.4 is 0 Å². The quantitative estimate of drug-likeness (QED) is 0.326. The van der Waals surface area contributed by atoms with Gasteiger partial charge in [-0.3, -0.25) is 0 Å². The van der Waals surface area contributed by atoms with Crippen molar-refractivity contribution in [1.82, 2.24) is 0 Å². The maximum atomic E-state index is 5.57. The van der Waals surface area contributed by atoms with Gasteiger partial charge in [-0.1, -0.05) is 51.9 Å². The van der Waals surface area contributed by atoms with Gasteiger partial charge in [-0.15, -0.1) is 12.3 Å². The van der Waals surface area contributed by atoms with E-state index in [1.807, 2.05) is 0 Å². The van der Waals surface area contributed by atoms with Gasteiger partial charge in [0.05, 0.1) is 0 Å². The summed E-state index contributed by atoms with van der Waals surface area (Å²) in [5.41, 5.74) is 0. The fourth-order valence-corrected chi connectivity index (χ4v) is 1.87. The average Bonchev–Trinajstić information content (AvgIpc) is 2.35. The van der Waals surface area contributed by atoms with Crippen molar-refractivity contribution in [3.8, 4) is 12.3 Å². The SMILES string of the molecule is C#CCCCCCCCCCOCCCCC. The second-order valence-electron chi connectivity index (χ2n) is 4.75. The van der Waals surface area contributed by atoms with E-state index in [1.54, 1.807) is 0 Å². The molecule has 0 atom stereocenters. The summed E-state index contributed by atoms with van der Waals surface area (Å²) in [6, 6.07) is 0. The lowest BCUT2D eigenvalue weighted by Crippen LogP contribution is -1.96. The molecule has 0 saturated heterocycles. The molecule has 0 unspecified atom stereocenters. The zero-order chi connectivity index (χ0) is 12.6. The zero-order valence-electron chi connectivity index (χ0n) is 11.7. The van der Waals surface area contributed by atoms with E-state index in [0.29, 0.717) is 0 Å². The standard InChI is InChI=1S/C16H30O/c1-3-5-7-8-9-10-11-12-14-16-17-15-13-6-4-2/h1H,4-16H2,2H3. The summed E-state index contributed by atoms with van der Waals surface area (Å²) >= 11 is 0. The summed E-state index contributed by atoms with van der Waals surface area (Å²) < 4.78 is 5.57. The van der Waals surface area contributed by atoms with E-state index in [0.717, 1.165) is 19.6 Å². The minimum atomic E-state index is 0.950. The third-order valence-electron chi connectivity index (χ3n) is 3.00. The highest BCUT2D eigenvalue weighted by Crippen LogP contribution is 2.08. The van der Waals surface area contributed by atoms with Gasteiger partial charge >= 0.3 is 0 Å². The Labute approximate surface area is 108 Å². The highest BCUT2D eigenvalue weighted by atomic mass is 16.5. The number of hydrogen-bond acceptors (Lipinski definition) is 1. The Morgan fingerprint density at radius 3 is 1.88 bits per heavy atom. The molecular weight excluding hydrogens is 208 g/mol. The molecule has 100 valence electrons. The van der Waals surface area contributed by atoms with Crippen molar-refractivity contribution < 1.29 is 4.74 Å². The van der Waals surface area contributed by atoms with Crippen molar-refractivity contribution in [2.24, 2.45) is 0 Å². The Morgan fingerprint density at radius 1 is 0.765 bits per heavy atom. The first-order chi connectivity index (χ1) is 8.41. The first-order valence-corrected chi connectivity index (χ1v) is 7.43. The molecule has 0 aliphatic heterocycles. The molecule has 0 saturated carbocycles. The molecule has 0 spiro atoms. The Morgan fingerprint density at radius 2 is 1.29 bits per heavy atom. The zero-order valence-corrected chi connectivity index (χ0v) is 11.7. The van der Waals surface area contributed by atoms with Gasteiger partial charge in [-0.05, 0) is 19.3 Å². The van der Waals surface area contributed by atoms with Crippen LogP contribution in [-0.4, -0.2) is 13.2 Å². The average molecular weight is 238 g/mol. The van der Waals surface area contributed by atoms with Gasteiger partial charge in [-0.2, -0.15) is 0 Å². The maximum Gasteiger partial charge on any atom is 0.0466 e. The summed E-state index contributed by atoms with van der Waals surface area (Å²) in [5, 5.41) is 0. The lowest BCUT2D eigenvalue weighted by molar-refractivity contribution is 0.126. The Balaban J connectivity index is 2.87. The smallest absolute Gasteiger partial charge is 0.0466 e. The van der Waals surface area contributed by atoms with E-state index in [4.69, 9.17) is 11.2 Å². The summed E-state index contributed by atoms with van der Waals surface area (Å²) in [4.78, 5) is 0. The van der Waals surface area contributed by atoms with Gasteiger partial charge in [0, 0.05) is 19.6 Å². The summed E-state index contributed by atoms with van der Waals surface area (Å²) in [6.45, 7) is 4.14. The molecular formula is C16H30O. The van der Waals surface area contributed by atoms with Crippen molar-refractivity contribution in [3.63, 3.8) is 0 Å². The van der Waals surface area contributed by atoms with E-state index in [1.165, 1.54) is 64.2 Å². The highest BCUT2D eigenvalue weighted by molar-refractivity contribution is 4.82. The van der Waals surface area contributed by atoms with Crippen LogP contribution in [0.3, 0.4) is 0 Å². The van der Waals surface area contributed by atoms with Crippen LogP contribution in [0.25, 0.3) is 0 Å². The van der Waals surface area contributed by atoms with Gasteiger partial charge in [0.2, 0.25) is 0 Å². The van der Waals surface area contributed by atoms with Crippen LogP contribution in [0.15, 0.2) is 0 Å². The first-order valence-electron chi connectivity index (χ1n) is 7.43. The van der Waals surface area contributed by atoms with Gasteiger partial charge in [0.15, 0.2) is 0 Å². The third-order valence-corrected chi connectivity index (χ3v) is 3.00. The third kappa shape index (κ3) is 15.5. The normalized spacial score (nSPS) is 10.4. The molecule has 0 amide bonds. The number of rotatable bonds is 13. The number of hydrogen-bond donors (Lipinski definition) is 0. The van der Waals surface area contributed by atoms with Crippen molar-refractivity contribution in [2.75, 3.05) is 13.2 Å². The van der Waals surface area contributed by atoms with Crippen LogP contribution in [0, 0.1) is 12.3 Å². The summed E-state index contributed by atoms with van der Waals surface area (Å²) in [5.74, 6) is 2.69. The molecule has 0 aromatic carbocycles. The molecule has 0 aromatic rings. The molecule has 0 fully saturated rings. The molecule has 0 N–H and O–H groups in total. The minimum absolute atomic E-state index is 0.950. The molecule has 0 aromatic heterocycles. The monoisotopic (exact) mass is 238 g/mol. The molecule has 0 radical (unpaired) electrons. The van der Waals surface area contributed by atoms with Crippen LogP contribution in [0.5, 0.6) is 0 Å². The van der Waals surface area contributed by atoms with Gasteiger partial charge in [0.1, 0.15) is 0 Å². The van der Waals surface area contributed by atoms with Crippen LogP contribution in [0.4, 0.5) is 0 Å². The van der Waals surface area contributed by atoms with E-state index in [2.05, 4.69) is 12.8 Å². The second kappa shape index (κ2) is 15.5. The molecule has 0 bridgehead atoms. The Bertz CT molecular complexity index is 169. The van der Waals surface area contributed by atoms with Crippen molar-refractivity contribution in [3.05, 3.63) is 0 Å². The molecule has 0 aliphatic rings. The van der Waals surface area contributed by atoms with E-state index < -0.39 is 0 Å². The second-order valence-corrected chi connectivity index (χ2v) is 4.75. The van der Waals surface area contributed by atoms with Crippen LogP contribution in [-0.2, 0) is 4.74 Å². The fraction of sp³-hybridized carbons (Fsp3) is 0.875. The topological polar surface area (TPSA) is 9.23 Å². The number of terminal acetylenes is 1. The minimum Gasteiger partial charge on any atom is -0.381 e. The lowest BCUT2D eigenvalue weighted by atomic mass is 10.1. The van der Waals surface area contributed by atoms with Gasteiger partial charge in [-0.25, -0.2) is 0 Å². The van der Waals surface area contributed by atoms with Crippen molar-refractivity contribution in [1.29, 1.82) is 0 Å². The molecule has 1 heteroatoms. The predicted octanol–water partition coefficient (Wildman–Crippen LogP) is 4.95. The summed E-state index contributed by atoms with van der Waals surface area (Å²) in [7, 11) is 0. The number of ether oxygens (including phenoxy) is 1. The molecule has 0 heterocycles. The number of unbranched alkanes of at least 4 members (excludes halogenated alkanes) is 9. The van der Waals surface area contributed by atoms with E-state index >= 15 is 0 Å². The van der Waals surface area contributed by atoms with Crippen molar-refractivity contribution >= 4 is 0 Å². The Hall–Kier alpha value is -0.480. The summed E-state index contributed by atoms with van der Waals surface area (Å²) in [6.07, 6.45) is 19.1. The fourth-order valence-electron chi connectivity index (χ4n) is 1.87. The largest absolute Gasteiger partial charge is 0.381 e. The van der Waals surface area contributed by atoms with E-state index in [9.17, 15) is 0 Å². The molecule has 17 heavy (non-hydrogen) atoms. The van der Waals surface area contributed by atoms with Crippen molar-refractivity contribution in [2.45, 2.75) is 77.6 Å². The first kappa shape index (κ1) is 16.5. The predicted molar refractivity (Wildman–Crippen MR) is 76.1 cm³/mol. The van der Waals surface area contributed by atoms with Gasteiger partial charge in [0.25, 0.3) is 0 Å². The van der Waals surface area contributed by atoms with Crippen LogP contribution >= 0.6 is 0 Å². The lowest BCUT2D eigenvalue weighted by Gasteiger charge is -2.03. The maximum absolute atomic E-state index is 5.57. The van der Waals surface area contributed by atoms with Gasteiger partial charge < -0.3 is 4.74 Å². The Kier molecular flexibility index (Phi) is 15.1.